The quantitative estimate of drug-likeness (QED) is 0.878. The van der Waals surface area contributed by atoms with Gasteiger partial charge in [0.25, 0.3) is 0 Å². The Morgan fingerprint density at radius 2 is 2.22 bits per heavy atom. The van der Waals surface area contributed by atoms with Crippen molar-refractivity contribution >= 4 is 16.7 Å². The molecule has 124 valence electrons. The molecule has 1 aromatic carbocycles. The summed E-state index contributed by atoms with van der Waals surface area (Å²) in [7, 11) is 1.62. The van der Waals surface area contributed by atoms with Crippen molar-refractivity contribution in [2.45, 2.75) is 24.9 Å². The number of ether oxygens (including phenoxy) is 2. The van der Waals surface area contributed by atoms with Crippen molar-refractivity contribution in [2.75, 3.05) is 32.2 Å². The molecule has 1 saturated heterocycles. The number of anilines is 1. The van der Waals surface area contributed by atoms with Crippen molar-refractivity contribution in [3.63, 3.8) is 0 Å². The normalized spacial score (nSPS) is 17.1. The predicted molar refractivity (Wildman–Crippen MR) is 87.2 cm³/mol. The second kappa shape index (κ2) is 7.33. The summed E-state index contributed by atoms with van der Waals surface area (Å²) < 4.78 is 28.4. The van der Waals surface area contributed by atoms with Gasteiger partial charge in [0.1, 0.15) is 12.4 Å². The summed E-state index contributed by atoms with van der Waals surface area (Å²) >= 11 is 1.32. The van der Waals surface area contributed by atoms with E-state index in [0.29, 0.717) is 32.2 Å². The SMILES string of the molecule is COCc1nsc(NCC2(c3cccc(F)c3)CCOCC2)n1. The van der Waals surface area contributed by atoms with Gasteiger partial charge in [0.15, 0.2) is 5.82 Å². The van der Waals surface area contributed by atoms with Crippen LogP contribution in [0.3, 0.4) is 0 Å². The van der Waals surface area contributed by atoms with Crippen molar-refractivity contribution < 1.29 is 13.9 Å². The van der Waals surface area contributed by atoms with Gasteiger partial charge in [0.05, 0.1) is 0 Å². The Morgan fingerprint density at radius 3 is 2.96 bits per heavy atom. The van der Waals surface area contributed by atoms with Crippen LogP contribution in [0.1, 0.15) is 24.2 Å². The van der Waals surface area contributed by atoms with Crippen molar-refractivity contribution in [2.24, 2.45) is 0 Å². The molecule has 1 N–H and O–H groups in total. The summed E-state index contributed by atoms with van der Waals surface area (Å²) in [5, 5.41) is 4.13. The van der Waals surface area contributed by atoms with Crippen LogP contribution in [0, 0.1) is 5.82 Å². The Bertz CT molecular complexity index is 644. The average Bonchev–Trinajstić information content (AvgIpc) is 3.02. The summed E-state index contributed by atoms with van der Waals surface area (Å²) in [6, 6.07) is 6.87. The fourth-order valence-corrected chi connectivity index (χ4v) is 3.47. The van der Waals surface area contributed by atoms with Crippen LogP contribution in [0.15, 0.2) is 24.3 Å². The summed E-state index contributed by atoms with van der Waals surface area (Å²) in [5.41, 5.74) is 0.864. The number of nitrogens with zero attached hydrogens (tertiary/aromatic N) is 2. The lowest BCUT2D eigenvalue weighted by Gasteiger charge is -2.37. The molecule has 1 aliphatic heterocycles. The lowest BCUT2D eigenvalue weighted by Crippen LogP contribution is -2.40. The van der Waals surface area contributed by atoms with E-state index in [1.807, 2.05) is 6.07 Å². The first-order valence-electron chi connectivity index (χ1n) is 7.61. The molecule has 3 rings (SSSR count). The fraction of sp³-hybridized carbons (Fsp3) is 0.500. The summed E-state index contributed by atoms with van der Waals surface area (Å²) in [6.45, 7) is 2.45. The summed E-state index contributed by atoms with van der Waals surface area (Å²) in [4.78, 5) is 4.39. The van der Waals surface area contributed by atoms with Crippen molar-refractivity contribution in [3.05, 3.63) is 41.5 Å². The van der Waals surface area contributed by atoms with E-state index in [2.05, 4.69) is 14.7 Å². The number of nitrogens with one attached hydrogen (secondary N) is 1. The second-order valence-electron chi connectivity index (χ2n) is 5.71. The molecule has 1 aromatic heterocycles. The molecule has 0 spiro atoms. The highest BCUT2D eigenvalue weighted by atomic mass is 32.1. The topological polar surface area (TPSA) is 56.3 Å². The second-order valence-corrected chi connectivity index (χ2v) is 6.46. The minimum absolute atomic E-state index is 0.145. The highest BCUT2D eigenvalue weighted by Crippen LogP contribution is 2.35. The van der Waals surface area contributed by atoms with Crippen LogP contribution in [0.5, 0.6) is 0 Å². The van der Waals surface area contributed by atoms with E-state index in [0.717, 1.165) is 23.5 Å². The average molecular weight is 337 g/mol. The van der Waals surface area contributed by atoms with Gasteiger partial charge in [-0.15, -0.1) is 0 Å². The van der Waals surface area contributed by atoms with Gasteiger partial charge in [-0.3, -0.25) is 0 Å². The van der Waals surface area contributed by atoms with Gasteiger partial charge in [0.2, 0.25) is 5.13 Å². The molecule has 0 atom stereocenters. The third-order valence-corrected chi connectivity index (χ3v) is 4.92. The zero-order valence-electron chi connectivity index (χ0n) is 13.0. The number of methoxy groups -OCH3 is 1. The van der Waals surface area contributed by atoms with E-state index in [1.54, 1.807) is 19.2 Å². The Balaban J connectivity index is 1.76. The molecule has 23 heavy (non-hydrogen) atoms. The standard InChI is InChI=1S/C16H20FN3O2S/c1-21-10-14-19-15(23-20-14)18-11-16(5-7-22-8-6-16)12-3-2-4-13(17)9-12/h2-4,9H,5-8,10-11H2,1H3,(H,18,19,20). The largest absolute Gasteiger partial charge is 0.381 e. The van der Waals surface area contributed by atoms with Crippen LogP contribution in [-0.2, 0) is 21.5 Å². The third-order valence-electron chi connectivity index (χ3n) is 4.21. The molecule has 1 aliphatic rings. The highest BCUT2D eigenvalue weighted by Gasteiger charge is 2.34. The van der Waals surface area contributed by atoms with Crippen molar-refractivity contribution in [1.82, 2.24) is 9.36 Å². The van der Waals surface area contributed by atoms with Gasteiger partial charge >= 0.3 is 0 Å². The molecule has 2 aromatic rings. The van der Waals surface area contributed by atoms with Gasteiger partial charge < -0.3 is 14.8 Å². The molecule has 0 radical (unpaired) electrons. The predicted octanol–water partition coefficient (Wildman–Crippen LogP) is 2.98. The molecular formula is C16H20FN3O2S. The molecule has 0 bridgehead atoms. The molecule has 7 heteroatoms. The molecule has 2 heterocycles. The minimum atomic E-state index is -0.202. The van der Waals surface area contributed by atoms with Gasteiger partial charge in [-0.25, -0.2) is 9.37 Å². The van der Waals surface area contributed by atoms with Crippen molar-refractivity contribution in [3.8, 4) is 0 Å². The van der Waals surface area contributed by atoms with E-state index < -0.39 is 0 Å². The maximum absolute atomic E-state index is 13.7. The summed E-state index contributed by atoms with van der Waals surface area (Å²) in [6.07, 6.45) is 1.71. The number of benzene rings is 1. The lowest BCUT2D eigenvalue weighted by atomic mass is 9.74. The monoisotopic (exact) mass is 337 g/mol. The molecule has 0 aliphatic carbocycles. The molecular weight excluding hydrogens is 317 g/mol. The molecule has 1 fully saturated rings. The Kier molecular flexibility index (Phi) is 5.20. The Morgan fingerprint density at radius 1 is 1.39 bits per heavy atom. The van der Waals surface area contributed by atoms with Gasteiger partial charge in [-0.05, 0) is 30.5 Å². The number of halogens is 1. The first kappa shape index (κ1) is 16.3. The Hall–Kier alpha value is -1.57. The van der Waals surface area contributed by atoms with Crippen molar-refractivity contribution in [1.29, 1.82) is 0 Å². The van der Waals surface area contributed by atoms with E-state index in [4.69, 9.17) is 9.47 Å². The van der Waals surface area contributed by atoms with Crippen LogP contribution in [0.2, 0.25) is 0 Å². The number of aromatic nitrogens is 2. The summed E-state index contributed by atoms with van der Waals surface area (Å²) in [5.74, 6) is 0.471. The number of rotatable bonds is 6. The smallest absolute Gasteiger partial charge is 0.202 e. The van der Waals surface area contributed by atoms with Gasteiger partial charge in [0, 0.05) is 43.8 Å². The van der Waals surface area contributed by atoms with Crippen LogP contribution < -0.4 is 5.32 Å². The first-order chi connectivity index (χ1) is 11.2. The van der Waals surface area contributed by atoms with Gasteiger partial charge in [-0.2, -0.15) is 4.37 Å². The maximum Gasteiger partial charge on any atom is 0.202 e. The van der Waals surface area contributed by atoms with Crippen LogP contribution in [0.4, 0.5) is 9.52 Å². The molecule has 5 nitrogen and oxygen atoms in total. The maximum atomic E-state index is 13.7. The van der Waals surface area contributed by atoms with Crippen LogP contribution in [-0.4, -0.2) is 36.2 Å². The molecule has 0 saturated carbocycles. The molecule has 0 unspecified atom stereocenters. The lowest BCUT2D eigenvalue weighted by molar-refractivity contribution is 0.0543. The number of hydrogen-bond acceptors (Lipinski definition) is 6. The fourth-order valence-electron chi connectivity index (χ4n) is 2.91. The zero-order chi connectivity index (χ0) is 16.1. The number of hydrogen-bond donors (Lipinski definition) is 1. The van der Waals surface area contributed by atoms with E-state index >= 15 is 0 Å². The van der Waals surface area contributed by atoms with E-state index in [1.165, 1.54) is 17.6 Å². The van der Waals surface area contributed by atoms with Crippen LogP contribution in [0.25, 0.3) is 0 Å². The third kappa shape index (κ3) is 3.85. The zero-order valence-corrected chi connectivity index (χ0v) is 13.9. The Labute approximate surface area is 139 Å². The highest BCUT2D eigenvalue weighted by molar-refractivity contribution is 7.09. The molecule has 0 amide bonds. The van der Waals surface area contributed by atoms with Gasteiger partial charge in [-0.1, -0.05) is 12.1 Å². The first-order valence-corrected chi connectivity index (χ1v) is 8.38. The minimum Gasteiger partial charge on any atom is -0.381 e. The van der Waals surface area contributed by atoms with Crippen LogP contribution >= 0.6 is 11.5 Å². The van der Waals surface area contributed by atoms with E-state index in [9.17, 15) is 4.39 Å². The van der Waals surface area contributed by atoms with E-state index in [-0.39, 0.29) is 11.2 Å².